The molecule has 1 N–H and O–H groups in total. The smallest absolute Gasteiger partial charge is 0.442 e. The molecule has 4 rings (SSSR count). The molecule has 2 aromatic carbocycles. The van der Waals surface area contributed by atoms with Gasteiger partial charge < -0.3 is 20.2 Å². The largest absolute Gasteiger partial charge is 1.00 e. The molecule has 0 fully saturated rings. The summed E-state index contributed by atoms with van der Waals surface area (Å²) in [5.74, 6) is 0.186. The molecule has 0 aliphatic rings. The van der Waals surface area contributed by atoms with E-state index >= 15 is 0 Å². The number of benzene rings is 2. The molecule has 0 amide bonds. The first kappa shape index (κ1) is 24.4. The van der Waals surface area contributed by atoms with Crippen LogP contribution in [-0.2, 0) is 0 Å². The zero-order valence-corrected chi connectivity index (χ0v) is 21.6. The number of hydrogen-bond acceptors (Lipinski definition) is 4. The molecule has 32 heavy (non-hydrogen) atoms. The van der Waals surface area contributed by atoms with E-state index in [1.165, 1.54) is 12.1 Å². The summed E-state index contributed by atoms with van der Waals surface area (Å²) in [4.78, 5) is 13.6. The normalized spacial score (nSPS) is 10.2. The van der Waals surface area contributed by atoms with Gasteiger partial charge in [0.05, 0.1) is 16.3 Å². The monoisotopic (exact) mass is 470 g/mol. The van der Waals surface area contributed by atoms with Gasteiger partial charge in [-0.2, -0.15) is 5.26 Å². The van der Waals surface area contributed by atoms with Crippen LogP contribution in [0.15, 0.2) is 60.8 Å². The van der Waals surface area contributed by atoms with Crippen LogP contribution >= 0.6 is 11.6 Å². The van der Waals surface area contributed by atoms with Crippen molar-refractivity contribution in [2.45, 2.75) is 0 Å². The van der Waals surface area contributed by atoms with E-state index in [-0.39, 0.29) is 73.5 Å². The van der Waals surface area contributed by atoms with Crippen molar-refractivity contribution in [1.29, 1.82) is 5.26 Å². The molecule has 154 valence electrons. The van der Waals surface area contributed by atoms with Gasteiger partial charge in [0.2, 0.25) is 0 Å². The number of halogens is 2. The minimum absolute atomic E-state index is 0. The second-order valence-electron chi connectivity index (χ2n) is 6.95. The van der Waals surface area contributed by atoms with Crippen molar-refractivity contribution in [3.63, 3.8) is 0 Å². The Balaban J connectivity index is 0.00000289. The number of hydrogen-bond donors (Lipinski definition) is 1. The number of anilines is 1. The average Bonchev–Trinajstić information content (AvgIpc) is 3.18. The van der Waals surface area contributed by atoms with Crippen LogP contribution in [0.2, 0.25) is 5.02 Å². The summed E-state index contributed by atoms with van der Waals surface area (Å²) in [6, 6.07) is 17.7. The molecule has 0 spiro atoms. The summed E-state index contributed by atoms with van der Waals surface area (Å²) in [7, 11) is 3.95. The van der Waals surface area contributed by atoms with Gasteiger partial charge in [-0.1, -0.05) is 53.9 Å². The number of nitrogens with one attached hydrogen (secondary N) is 1. The van der Waals surface area contributed by atoms with Crippen LogP contribution in [-0.4, -0.2) is 29.0 Å². The van der Waals surface area contributed by atoms with Gasteiger partial charge in [0, 0.05) is 19.8 Å². The molecule has 2 aromatic heterocycles. The maximum Gasteiger partial charge on any atom is 1.00 e. The molecule has 0 aliphatic carbocycles. The first-order valence-corrected chi connectivity index (χ1v) is 9.74. The van der Waals surface area contributed by atoms with E-state index in [9.17, 15) is 9.65 Å². The summed E-state index contributed by atoms with van der Waals surface area (Å²) in [5.41, 5.74) is 3.17. The number of imidazole rings is 1. The third-order valence-corrected chi connectivity index (χ3v) is 4.97. The molecule has 0 radical (unpaired) electrons. The van der Waals surface area contributed by atoms with Gasteiger partial charge in [-0.15, -0.1) is 0 Å². The van der Waals surface area contributed by atoms with Crippen LogP contribution in [0.1, 0.15) is 5.69 Å². The van der Waals surface area contributed by atoms with Crippen LogP contribution < -0.4 is 56.3 Å². The molecule has 4 aromatic rings. The Kier molecular flexibility index (Phi) is 8.06. The van der Waals surface area contributed by atoms with Gasteiger partial charge in [0.25, 0.3) is 0 Å². The third kappa shape index (κ3) is 5.21. The van der Waals surface area contributed by atoms with E-state index in [4.69, 9.17) is 11.6 Å². The minimum atomic E-state index is -0.523. The van der Waals surface area contributed by atoms with Crippen molar-refractivity contribution in [3.05, 3.63) is 82.6 Å². The maximum absolute atomic E-state index is 14.3. The van der Waals surface area contributed by atoms with Crippen molar-refractivity contribution in [2.24, 2.45) is 0 Å². The standard InChI is InChI=1S/C23H17ClFN6.K/c1-31(2)16-9-7-15(8-10-16)28-20-11-6-14(13-27-20)22-19(12-26)29-23(30-22)21-17(24)4-3-5-18(21)25;/h3-11,13H,1-2H3,(H-,27,28,29,30);/q-1;+1. The summed E-state index contributed by atoms with van der Waals surface area (Å²) in [5, 5.41) is 14.2. The minimum Gasteiger partial charge on any atom is -0.442 e. The second-order valence-corrected chi connectivity index (χ2v) is 7.35. The Hall–Kier alpha value is -2.25. The molecule has 0 atom stereocenters. The van der Waals surface area contributed by atoms with Crippen LogP contribution in [0.4, 0.5) is 21.6 Å². The fourth-order valence-corrected chi connectivity index (χ4v) is 3.32. The van der Waals surface area contributed by atoms with Crippen molar-refractivity contribution < 1.29 is 55.8 Å². The number of pyridine rings is 1. The molecule has 2 heterocycles. The Morgan fingerprint density at radius 1 is 1.09 bits per heavy atom. The first-order chi connectivity index (χ1) is 15.0. The molecule has 0 saturated carbocycles. The van der Waals surface area contributed by atoms with Gasteiger partial charge in [-0.05, 0) is 35.5 Å². The molecule has 0 saturated heterocycles. The average molecular weight is 471 g/mol. The zero-order valence-electron chi connectivity index (χ0n) is 17.8. The Morgan fingerprint density at radius 3 is 2.44 bits per heavy atom. The topological polar surface area (TPSA) is 82.7 Å². The molecule has 9 heteroatoms. The summed E-state index contributed by atoms with van der Waals surface area (Å²) >= 11 is 6.13. The number of rotatable bonds is 5. The van der Waals surface area contributed by atoms with E-state index in [0.717, 1.165) is 11.4 Å². The molecule has 0 aliphatic heterocycles. The summed E-state index contributed by atoms with van der Waals surface area (Å²) < 4.78 is 14.3. The van der Waals surface area contributed by atoms with Crippen LogP contribution in [0.5, 0.6) is 0 Å². The summed E-state index contributed by atoms with van der Waals surface area (Å²) in [6.07, 6.45) is 1.59. The van der Waals surface area contributed by atoms with E-state index in [0.29, 0.717) is 17.1 Å². The number of nitrogens with zero attached hydrogens (tertiary/aromatic N) is 5. The fourth-order valence-electron chi connectivity index (χ4n) is 3.06. The SMILES string of the molecule is CN(C)c1ccc([N-]c2ccc(-c3[nH]c(-c4c(F)cccc4Cl)nc3C#N)cn2)cc1.[K+]. The molecule has 0 bridgehead atoms. The molecule has 0 unspecified atom stereocenters. The van der Waals surface area contributed by atoms with E-state index in [1.54, 1.807) is 24.4 Å². The van der Waals surface area contributed by atoms with Crippen molar-refractivity contribution in [2.75, 3.05) is 19.0 Å². The van der Waals surface area contributed by atoms with Gasteiger partial charge in [-0.25, -0.2) is 9.37 Å². The summed E-state index contributed by atoms with van der Waals surface area (Å²) in [6.45, 7) is 0. The number of aromatic nitrogens is 3. The first-order valence-electron chi connectivity index (χ1n) is 9.36. The van der Waals surface area contributed by atoms with Gasteiger partial charge in [0.1, 0.15) is 17.7 Å². The van der Waals surface area contributed by atoms with Gasteiger partial charge >= 0.3 is 51.4 Å². The number of nitriles is 1. The Labute approximate surface area is 232 Å². The van der Waals surface area contributed by atoms with Crippen molar-refractivity contribution in [1.82, 2.24) is 15.0 Å². The second kappa shape index (κ2) is 10.6. The molecular formula is C23H17ClFKN6. The van der Waals surface area contributed by atoms with E-state index < -0.39 is 5.82 Å². The zero-order chi connectivity index (χ0) is 22.0. The van der Waals surface area contributed by atoms with E-state index in [1.807, 2.05) is 49.3 Å². The van der Waals surface area contributed by atoms with Gasteiger partial charge in [0.15, 0.2) is 5.69 Å². The maximum atomic E-state index is 14.3. The Morgan fingerprint density at radius 2 is 1.84 bits per heavy atom. The van der Waals surface area contributed by atoms with Crippen LogP contribution in [0, 0.1) is 17.1 Å². The van der Waals surface area contributed by atoms with E-state index in [2.05, 4.69) is 20.3 Å². The molecular weight excluding hydrogens is 454 g/mol. The van der Waals surface area contributed by atoms with Crippen LogP contribution in [0.25, 0.3) is 28.0 Å². The van der Waals surface area contributed by atoms with Gasteiger partial charge in [-0.3, -0.25) is 0 Å². The third-order valence-electron chi connectivity index (χ3n) is 4.66. The molecule has 6 nitrogen and oxygen atoms in total. The Bertz CT molecular complexity index is 1240. The van der Waals surface area contributed by atoms with Crippen LogP contribution in [0.3, 0.4) is 0 Å². The van der Waals surface area contributed by atoms with Crippen molar-refractivity contribution in [3.8, 4) is 28.7 Å². The quantitative estimate of drug-likeness (QED) is 0.454. The fraction of sp³-hybridized carbons (Fsp3) is 0.0870. The van der Waals surface area contributed by atoms with Crippen molar-refractivity contribution >= 4 is 28.8 Å². The predicted molar refractivity (Wildman–Crippen MR) is 120 cm³/mol. The number of aromatic amines is 1. The number of H-pyrrole nitrogens is 1. The predicted octanol–water partition coefficient (Wildman–Crippen LogP) is 3.21.